The fourth-order valence-corrected chi connectivity index (χ4v) is 0.283. The van der Waals surface area contributed by atoms with E-state index in [0.717, 1.165) is 5.70 Å². The summed E-state index contributed by atoms with van der Waals surface area (Å²) in [5.74, 6) is 5.47. The van der Waals surface area contributed by atoms with Gasteiger partial charge in [0.1, 0.15) is 0 Å². The Morgan fingerprint density at radius 1 is 1.55 bits per heavy atom. The highest BCUT2D eigenvalue weighted by Gasteiger charge is 1.97. The molecule has 0 radical (unpaired) electrons. The van der Waals surface area contributed by atoms with Gasteiger partial charge < -0.3 is 0 Å². The average Bonchev–Trinajstić information content (AvgIpc) is 1.99. The quantitative estimate of drug-likeness (QED) is 0.385. The van der Waals surface area contributed by atoms with Gasteiger partial charge in [-0.2, -0.15) is 0 Å². The molecule has 0 spiro atoms. The fourth-order valence-electron chi connectivity index (χ4n) is 0.283. The standard InChI is InChI=1S/C7H16N4/c1-5-7(4)9-10-11(8)6(2)3/h5-6H,8H2,1-4H3/b7-5-,10-9?. The molecule has 2 N–H and O–H groups in total. The van der Waals surface area contributed by atoms with E-state index in [1.807, 2.05) is 33.8 Å². The third-order valence-corrected chi connectivity index (χ3v) is 1.25. The fraction of sp³-hybridized carbons (Fsp3) is 0.714. The maximum atomic E-state index is 5.47. The molecule has 0 aliphatic heterocycles. The van der Waals surface area contributed by atoms with Crippen LogP contribution in [0.4, 0.5) is 0 Å². The van der Waals surface area contributed by atoms with Crippen LogP contribution in [0, 0.1) is 0 Å². The summed E-state index contributed by atoms with van der Waals surface area (Å²) in [6, 6.07) is 0.184. The summed E-state index contributed by atoms with van der Waals surface area (Å²) in [7, 11) is 0. The Balaban J connectivity index is 3.93. The van der Waals surface area contributed by atoms with E-state index in [9.17, 15) is 0 Å². The summed E-state index contributed by atoms with van der Waals surface area (Å²) in [5.41, 5.74) is 0.862. The number of allylic oxidation sites excluding steroid dienone is 2. The lowest BCUT2D eigenvalue weighted by Crippen LogP contribution is -2.31. The topological polar surface area (TPSA) is 54.0 Å². The highest BCUT2D eigenvalue weighted by molar-refractivity contribution is 4.90. The van der Waals surface area contributed by atoms with Gasteiger partial charge in [-0.15, -0.1) is 5.11 Å². The smallest absolute Gasteiger partial charge is 0.0601 e. The van der Waals surface area contributed by atoms with E-state index in [-0.39, 0.29) is 6.04 Å². The van der Waals surface area contributed by atoms with Crippen LogP contribution in [0.2, 0.25) is 0 Å². The first-order valence-electron chi connectivity index (χ1n) is 3.66. The molecule has 0 aliphatic rings. The number of hydrogen-bond donors (Lipinski definition) is 1. The van der Waals surface area contributed by atoms with Crippen molar-refractivity contribution in [2.24, 2.45) is 16.2 Å². The minimum atomic E-state index is 0.184. The Morgan fingerprint density at radius 2 is 2.09 bits per heavy atom. The number of hydrogen-bond acceptors (Lipinski definition) is 3. The van der Waals surface area contributed by atoms with E-state index in [1.54, 1.807) is 0 Å². The molecule has 0 saturated carbocycles. The number of hydrazine groups is 1. The van der Waals surface area contributed by atoms with Crippen LogP contribution >= 0.6 is 0 Å². The summed E-state index contributed by atoms with van der Waals surface area (Å²) in [6.07, 6.45) is 1.87. The van der Waals surface area contributed by atoms with Crippen molar-refractivity contribution in [2.45, 2.75) is 33.7 Å². The van der Waals surface area contributed by atoms with Crippen molar-refractivity contribution in [2.75, 3.05) is 0 Å². The minimum absolute atomic E-state index is 0.184. The van der Waals surface area contributed by atoms with Gasteiger partial charge in [0.25, 0.3) is 0 Å². The van der Waals surface area contributed by atoms with E-state index in [0.29, 0.717) is 0 Å². The number of rotatable bonds is 3. The molecule has 0 rings (SSSR count). The molecule has 0 atom stereocenters. The molecule has 0 aromatic heterocycles. The predicted molar refractivity (Wildman–Crippen MR) is 45.4 cm³/mol. The van der Waals surface area contributed by atoms with Crippen LogP contribution in [-0.2, 0) is 0 Å². The second kappa shape index (κ2) is 4.85. The number of nitrogens with two attached hydrogens (primary N) is 1. The normalized spacial score (nSPS) is 13.1. The van der Waals surface area contributed by atoms with Crippen molar-refractivity contribution in [1.82, 2.24) is 5.12 Å². The molecule has 0 saturated heterocycles. The van der Waals surface area contributed by atoms with Crippen molar-refractivity contribution in [3.8, 4) is 0 Å². The lowest BCUT2D eigenvalue weighted by Gasteiger charge is -2.13. The number of nitrogens with zero attached hydrogens (tertiary/aromatic N) is 3. The van der Waals surface area contributed by atoms with Crippen LogP contribution in [0.25, 0.3) is 0 Å². The van der Waals surface area contributed by atoms with Gasteiger partial charge >= 0.3 is 0 Å². The predicted octanol–water partition coefficient (Wildman–Crippen LogP) is 1.86. The van der Waals surface area contributed by atoms with E-state index >= 15 is 0 Å². The van der Waals surface area contributed by atoms with Gasteiger partial charge in [-0.1, -0.05) is 11.3 Å². The molecule has 4 heteroatoms. The largest absolute Gasteiger partial charge is 0.230 e. The second-order valence-electron chi connectivity index (χ2n) is 2.59. The van der Waals surface area contributed by atoms with Gasteiger partial charge in [-0.25, -0.2) is 11.0 Å². The molecule has 0 amide bonds. The Hall–Kier alpha value is -0.900. The SMILES string of the molecule is C/C=C(/C)N=NN(N)C(C)C. The first kappa shape index (κ1) is 10.1. The Morgan fingerprint density at radius 3 is 2.45 bits per heavy atom. The second-order valence-corrected chi connectivity index (χ2v) is 2.59. The zero-order chi connectivity index (χ0) is 8.85. The van der Waals surface area contributed by atoms with Crippen LogP contribution in [0.15, 0.2) is 22.1 Å². The zero-order valence-corrected chi connectivity index (χ0v) is 7.57. The Kier molecular flexibility index (Phi) is 4.45. The van der Waals surface area contributed by atoms with E-state index in [1.165, 1.54) is 5.12 Å². The molecular formula is C7H16N4. The van der Waals surface area contributed by atoms with Gasteiger partial charge in [0.15, 0.2) is 0 Å². The molecule has 0 aromatic rings. The van der Waals surface area contributed by atoms with Gasteiger partial charge in [-0.05, 0) is 27.7 Å². The molecule has 0 unspecified atom stereocenters. The van der Waals surface area contributed by atoms with E-state index in [4.69, 9.17) is 5.84 Å². The van der Waals surface area contributed by atoms with Gasteiger partial charge in [-0.3, -0.25) is 0 Å². The van der Waals surface area contributed by atoms with Crippen LogP contribution in [0.3, 0.4) is 0 Å². The Labute approximate surface area is 67.7 Å². The lowest BCUT2D eigenvalue weighted by molar-refractivity contribution is 0.221. The zero-order valence-electron chi connectivity index (χ0n) is 7.57. The highest BCUT2D eigenvalue weighted by Crippen LogP contribution is 1.97. The molecule has 11 heavy (non-hydrogen) atoms. The Bertz CT molecular complexity index is 160. The third kappa shape index (κ3) is 4.50. The maximum Gasteiger partial charge on any atom is 0.0601 e. The first-order chi connectivity index (χ1) is 5.07. The summed E-state index contributed by atoms with van der Waals surface area (Å²) in [5, 5.41) is 8.94. The van der Waals surface area contributed by atoms with Crippen molar-refractivity contribution < 1.29 is 0 Å². The van der Waals surface area contributed by atoms with Gasteiger partial charge in [0.2, 0.25) is 0 Å². The summed E-state index contributed by atoms with van der Waals surface area (Å²) < 4.78 is 0. The highest BCUT2D eigenvalue weighted by atomic mass is 15.7. The van der Waals surface area contributed by atoms with Gasteiger partial charge in [0, 0.05) is 0 Å². The molecule has 0 heterocycles. The molecule has 0 aliphatic carbocycles. The third-order valence-electron chi connectivity index (χ3n) is 1.25. The van der Waals surface area contributed by atoms with Crippen molar-refractivity contribution in [1.29, 1.82) is 0 Å². The van der Waals surface area contributed by atoms with Crippen molar-refractivity contribution in [3.63, 3.8) is 0 Å². The first-order valence-corrected chi connectivity index (χ1v) is 3.66. The van der Waals surface area contributed by atoms with E-state index in [2.05, 4.69) is 10.3 Å². The van der Waals surface area contributed by atoms with Crippen LogP contribution < -0.4 is 5.84 Å². The monoisotopic (exact) mass is 156 g/mol. The summed E-state index contributed by atoms with van der Waals surface area (Å²) >= 11 is 0. The molecule has 0 fully saturated rings. The summed E-state index contributed by atoms with van der Waals surface area (Å²) in [6.45, 7) is 7.68. The summed E-state index contributed by atoms with van der Waals surface area (Å²) in [4.78, 5) is 0. The maximum absolute atomic E-state index is 5.47. The average molecular weight is 156 g/mol. The van der Waals surface area contributed by atoms with E-state index < -0.39 is 0 Å². The molecule has 0 aromatic carbocycles. The molecule has 0 bridgehead atoms. The van der Waals surface area contributed by atoms with Crippen molar-refractivity contribution >= 4 is 0 Å². The molecule has 4 nitrogen and oxygen atoms in total. The van der Waals surface area contributed by atoms with Crippen LogP contribution in [0.5, 0.6) is 0 Å². The van der Waals surface area contributed by atoms with Crippen LogP contribution in [0.1, 0.15) is 27.7 Å². The van der Waals surface area contributed by atoms with Gasteiger partial charge in [0.05, 0.1) is 11.7 Å². The lowest BCUT2D eigenvalue weighted by atomic mass is 10.4. The minimum Gasteiger partial charge on any atom is -0.230 e. The van der Waals surface area contributed by atoms with Crippen LogP contribution in [-0.4, -0.2) is 11.2 Å². The molecule has 64 valence electrons. The van der Waals surface area contributed by atoms with Crippen molar-refractivity contribution in [3.05, 3.63) is 11.8 Å². The molecular weight excluding hydrogens is 140 g/mol.